The SMILES string of the molecule is COc1cc(C(=O)O[C@H](C)C(=O)Nc2cccc(C#N)c2)cc(OC)c1OC. The molecule has 146 valence electrons. The molecule has 2 aromatic carbocycles. The Labute approximate surface area is 162 Å². The maximum Gasteiger partial charge on any atom is 0.339 e. The van der Waals surface area contributed by atoms with Gasteiger partial charge < -0.3 is 24.3 Å². The third-order valence-electron chi connectivity index (χ3n) is 3.81. The van der Waals surface area contributed by atoms with Crippen molar-refractivity contribution in [3.05, 3.63) is 47.5 Å². The number of carbonyl (C=O) groups is 2. The van der Waals surface area contributed by atoms with E-state index in [1.165, 1.54) is 46.5 Å². The smallest absolute Gasteiger partial charge is 0.339 e. The van der Waals surface area contributed by atoms with Crippen LogP contribution in [-0.4, -0.2) is 39.3 Å². The largest absolute Gasteiger partial charge is 0.493 e. The molecule has 0 aromatic heterocycles. The average molecular weight is 384 g/mol. The van der Waals surface area contributed by atoms with Crippen LogP contribution in [0.15, 0.2) is 36.4 Å². The lowest BCUT2D eigenvalue weighted by molar-refractivity contribution is -0.123. The maximum atomic E-state index is 12.5. The van der Waals surface area contributed by atoms with Crippen LogP contribution in [0.3, 0.4) is 0 Å². The van der Waals surface area contributed by atoms with E-state index >= 15 is 0 Å². The van der Waals surface area contributed by atoms with Crippen molar-refractivity contribution < 1.29 is 28.5 Å². The number of nitrogens with one attached hydrogen (secondary N) is 1. The molecule has 0 aliphatic rings. The van der Waals surface area contributed by atoms with Crippen molar-refractivity contribution in [2.75, 3.05) is 26.6 Å². The number of rotatable bonds is 7. The van der Waals surface area contributed by atoms with Gasteiger partial charge in [-0.3, -0.25) is 4.79 Å². The van der Waals surface area contributed by atoms with Crippen LogP contribution in [0.1, 0.15) is 22.8 Å². The number of esters is 1. The van der Waals surface area contributed by atoms with Gasteiger partial charge in [0.15, 0.2) is 17.6 Å². The maximum absolute atomic E-state index is 12.5. The molecule has 0 bridgehead atoms. The second kappa shape index (κ2) is 9.28. The van der Waals surface area contributed by atoms with Gasteiger partial charge in [-0.1, -0.05) is 6.07 Å². The lowest BCUT2D eigenvalue weighted by Crippen LogP contribution is -2.30. The molecule has 0 radical (unpaired) electrons. The van der Waals surface area contributed by atoms with Crippen molar-refractivity contribution >= 4 is 17.6 Å². The number of hydrogen-bond acceptors (Lipinski definition) is 7. The Hall–Kier alpha value is -3.73. The summed E-state index contributed by atoms with van der Waals surface area (Å²) >= 11 is 0. The van der Waals surface area contributed by atoms with Gasteiger partial charge in [0.2, 0.25) is 5.75 Å². The number of ether oxygens (including phenoxy) is 4. The fraction of sp³-hybridized carbons (Fsp3) is 0.250. The quantitative estimate of drug-likeness (QED) is 0.732. The van der Waals surface area contributed by atoms with Gasteiger partial charge in [0.05, 0.1) is 38.5 Å². The molecule has 1 N–H and O–H groups in total. The Morgan fingerprint density at radius 3 is 2.21 bits per heavy atom. The minimum atomic E-state index is -1.07. The summed E-state index contributed by atoms with van der Waals surface area (Å²) < 4.78 is 20.8. The van der Waals surface area contributed by atoms with Gasteiger partial charge in [0, 0.05) is 5.69 Å². The van der Waals surface area contributed by atoms with E-state index in [1.807, 2.05) is 6.07 Å². The van der Waals surface area contributed by atoms with E-state index in [4.69, 9.17) is 24.2 Å². The van der Waals surface area contributed by atoms with Crippen LogP contribution >= 0.6 is 0 Å². The Balaban J connectivity index is 2.13. The number of carbonyl (C=O) groups excluding carboxylic acids is 2. The molecule has 28 heavy (non-hydrogen) atoms. The molecule has 0 fully saturated rings. The van der Waals surface area contributed by atoms with E-state index in [-0.39, 0.29) is 5.56 Å². The van der Waals surface area contributed by atoms with Crippen LogP contribution < -0.4 is 19.5 Å². The highest BCUT2D eigenvalue weighted by molar-refractivity contribution is 5.97. The fourth-order valence-corrected chi connectivity index (χ4v) is 2.39. The number of nitrogens with zero attached hydrogens (tertiary/aromatic N) is 1. The van der Waals surface area contributed by atoms with E-state index in [0.29, 0.717) is 28.5 Å². The van der Waals surface area contributed by atoms with Crippen molar-refractivity contribution in [3.8, 4) is 23.3 Å². The first-order valence-corrected chi connectivity index (χ1v) is 8.25. The molecule has 2 rings (SSSR count). The molecule has 0 spiro atoms. The lowest BCUT2D eigenvalue weighted by atomic mass is 10.1. The average Bonchev–Trinajstić information content (AvgIpc) is 2.72. The van der Waals surface area contributed by atoms with E-state index in [9.17, 15) is 9.59 Å². The minimum absolute atomic E-state index is 0.139. The molecule has 8 nitrogen and oxygen atoms in total. The van der Waals surface area contributed by atoms with Crippen molar-refractivity contribution in [1.82, 2.24) is 0 Å². The number of amides is 1. The van der Waals surface area contributed by atoms with Gasteiger partial charge in [-0.05, 0) is 37.3 Å². The Morgan fingerprint density at radius 1 is 1.04 bits per heavy atom. The number of benzene rings is 2. The summed E-state index contributed by atoms with van der Waals surface area (Å²) in [5, 5.41) is 11.5. The van der Waals surface area contributed by atoms with Gasteiger partial charge in [0.25, 0.3) is 5.91 Å². The first kappa shape index (κ1) is 20.6. The molecule has 0 unspecified atom stereocenters. The number of hydrogen-bond donors (Lipinski definition) is 1. The molecular formula is C20H20N2O6. The highest BCUT2D eigenvalue weighted by Crippen LogP contribution is 2.38. The topological polar surface area (TPSA) is 107 Å². The molecule has 8 heteroatoms. The predicted octanol–water partition coefficient (Wildman–Crippen LogP) is 2.77. The second-order valence-electron chi connectivity index (χ2n) is 5.64. The van der Waals surface area contributed by atoms with E-state index in [2.05, 4.69) is 5.32 Å². The van der Waals surface area contributed by atoms with Gasteiger partial charge in [0.1, 0.15) is 0 Å². The molecule has 0 aliphatic heterocycles. The van der Waals surface area contributed by atoms with Crippen molar-refractivity contribution in [2.45, 2.75) is 13.0 Å². The van der Waals surface area contributed by atoms with Gasteiger partial charge >= 0.3 is 5.97 Å². The fourth-order valence-electron chi connectivity index (χ4n) is 2.39. The minimum Gasteiger partial charge on any atom is -0.493 e. The second-order valence-corrected chi connectivity index (χ2v) is 5.64. The summed E-state index contributed by atoms with van der Waals surface area (Å²) in [5.41, 5.74) is 0.972. The summed E-state index contributed by atoms with van der Waals surface area (Å²) in [6.07, 6.45) is -1.07. The number of methoxy groups -OCH3 is 3. The lowest BCUT2D eigenvalue weighted by Gasteiger charge is -2.16. The van der Waals surface area contributed by atoms with Crippen LogP contribution in [0.2, 0.25) is 0 Å². The summed E-state index contributed by atoms with van der Waals surface area (Å²) in [4.78, 5) is 24.7. The third-order valence-corrected chi connectivity index (χ3v) is 3.81. The monoisotopic (exact) mass is 384 g/mol. The summed E-state index contributed by atoms with van der Waals surface area (Å²) in [5.74, 6) is -0.341. The molecule has 0 aliphatic carbocycles. The van der Waals surface area contributed by atoms with Gasteiger partial charge in [-0.25, -0.2) is 4.79 Å². The van der Waals surface area contributed by atoms with E-state index < -0.39 is 18.0 Å². The zero-order chi connectivity index (χ0) is 20.7. The standard InChI is InChI=1S/C20H20N2O6/c1-12(19(23)22-15-7-5-6-13(8-15)11-21)28-20(24)14-9-16(25-2)18(27-4)17(10-14)26-3/h5-10,12H,1-4H3,(H,22,23)/t12-/m1/s1. The van der Waals surface area contributed by atoms with Gasteiger partial charge in [-0.15, -0.1) is 0 Å². The zero-order valence-electron chi connectivity index (χ0n) is 15.9. The molecular weight excluding hydrogens is 364 g/mol. The summed E-state index contributed by atoms with van der Waals surface area (Å²) in [6, 6.07) is 11.3. The first-order chi connectivity index (χ1) is 13.4. The third kappa shape index (κ3) is 4.71. The first-order valence-electron chi connectivity index (χ1n) is 8.25. The number of nitriles is 1. The Morgan fingerprint density at radius 2 is 1.68 bits per heavy atom. The van der Waals surface area contributed by atoms with Crippen molar-refractivity contribution in [1.29, 1.82) is 5.26 Å². The van der Waals surface area contributed by atoms with Crippen LogP contribution in [0, 0.1) is 11.3 Å². The molecule has 0 saturated heterocycles. The van der Waals surface area contributed by atoms with E-state index in [1.54, 1.807) is 18.2 Å². The zero-order valence-corrected chi connectivity index (χ0v) is 15.9. The Bertz CT molecular complexity index is 894. The normalized spacial score (nSPS) is 11.0. The highest BCUT2D eigenvalue weighted by Gasteiger charge is 2.22. The molecule has 1 amide bonds. The summed E-state index contributed by atoms with van der Waals surface area (Å²) in [6.45, 7) is 1.44. The predicted molar refractivity (Wildman–Crippen MR) is 101 cm³/mol. The molecule has 0 heterocycles. The van der Waals surface area contributed by atoms with Gasteiger partial charge in [-0.2, -0.15) is 5.26 Å². The van der Waals surface area contributed by atoms with E-state index in [0.717, 1.165) is 0 Å². The van der Waals surface area contributed by atoms with Crippen LogP contribution in [0.4, 0.5) is 5.69 Å². The van der Waals surface area contributed by atoms with Crippen molar-refractivity contribution in [2.24, 2.45) is 0 Å². The highest BCUT2D eigenvalue weighted by atomic mass is 16.5. The molecule has 0 saturated carbocycles. The molecule has 2 aromatic rings. The summed E-state index contributed by atoms with van der Waals surface area (Å²) in [7, 11) is 4.31. The van der Waals surface area contributed by atoms with Crippen LogP contribution in [-0.2, 0) is 9.53 Å². The van der Waals surface area contributed by atoms with Crippen LogP contribution in [0.25, 0.3) is 0 Å². The Kier molecular flexibility index (Phi) is 6.82. The molecule has 1 atom stereocenters. The number of anilines is 1. The van der Waals surface area contributed by atoms with Crippen LogP contribution in [0.5, 0.6) is 17.2 Å². The van der Waals surface area contributed by atoms with Crippen molar-refractivity contribution in [3.63, 3.8) is 0 Å².